The van der Waals surface area contributed by atoms with Gasteiger partial charge in [0, 0.05) is 18.5 Å². The Balaban J connectivity index is 0.00000253. The number of pyridine rings is 2. The zero-order valence-electron chi connectivity index (χ0n) is 19.2. The third-order valence-electron chi connectivity index (χ3n) is 5.46. The molecule has 1 aromatic carbocycles. The van der Waals surface area contributed by atoms with E-state index in [1.165, 1.54) is 18.5 Å². The van der Waals surface area contributed by atoms with E-state index >= 15 is 0 Å². The molecular weight excluding hydrogens is 558 g/mol. The molecule has 1 fully saturated rings. The van der Waals surface area contributed by atoms with Gasteiger partial charge in [-0.3, -0.25) is 19.6 Å². The maximum Gasteiger partial charge on any atom is 0.418 e. The molecule has 1 aliphatic rings. The summed E-state index contributed by atoms with van der Waals surface area (Å²) in [5.74, 6) is -3.05. The molecular formula is C23H21Cl2F5N6O2. The fraction of sp³-hybridized carbons (Fsp3) is 0.217. The van der Waals surface area contributed by atoms with Crippen molar-refractivity contribution in [2.45, 2.75) is 31.1 Å². The minimum absolute atomic E-state index is 0. The van der Waals surface area contributed by atoms with Gasteiger partial charge in [-0.15, -0.1) is 24.8 Å². The number of nitrogens with two attached hydrogens (primary N) is 1. The summed E-state index contributed by atoms with van der Waals surface area (Å²) >= 11 is 0. The number of rotatable bonds is 7. The number of carbonyl (C=O) groups is 2. The van der Waals surface area contributed by atoms with Crippen LogP contribution in [0.15, 0.2) is 48.9 Å². The minimum Gasteiger partial charge on any atom is -0.397 e. The molecule has 38 heavy (non-hydrogen) atoms. The maximum absolute atomic E-state index is 14.6. The molecule has 2 aromatic heterocycles. The van der Waals surface area contributed by atoms with Crippen molar-refractivity contribution in [3.8, 4) is 0 Å². The van der Waals surface area contributed by atoms with Gasteiger partial charge in [-0.25, -0.2) is 8.78 Å². The van der Waals surface area contributed by atoms with Gasteiger partial charge < -0.3 is 21.7 Å². The van der Waals surface area contributed by atoms with E-state index in [1.807, 2.05) is 0 Å². The van der Waals surface area contributed by atoms with Crippen molar-refractivity contribution in [3.63, 3.8) is 0 Å². The van der Waals surface area contributed by atoms with E-state index in [-0.39, 0.29) is 54.0 Å². The predicted octanol–water partition coefficient (Wildman–Crippen LogP) is 4.52. The van der Waals surface area contributed by atoms with Crippen molar-refractivity contribution in [2.24, 2.45) is 0 Å². The smallest absolute Gasteiger partial charge is 0.397 e. The molecule has 4 rings (SSSR count). The lowest BCUT2D eigenvalue weighted by Gasteiger charge is -2.18. The number of anilines is 3. The lowest BCUT2D eigenvalue weighted by atomic mass is 10.1. The lowest BCUT2D eigenvalue weighted by Crippen LogP contribution is -2.48. The highest BCUT2D eigenvalue weighted by atomic mass is 35.5. The molecule has 204 valence electrons. The summed E-state index contributed by atoms with van der Waals surface area (Å²) in [4.78, 5) is 32.8. The van der Waals surface area contributed by atoms with Gasteiger partial charge in [0.2, 0.25) is 5.91 Å². The Bertz CT molecular complexity index is 1340. The molecule has 15 heteroatoms. The highest BCUT2D eigenvalue weighted by Crippen LogP contribution is 2.37. The first kappa shape index (κ1) is 30.5. The number of nitrogens with zero attached hydrogens (tertiary/aromatic N) is 2. The molecule has 0 bridgehead atoms. The highest BCUT2D eigenvalue weighted by Gasteiger charge is 2.51. The molecule has 0 atom stereocenters. The first-order chi connectivity index (χ1) is 17.0. The van der Waals surface area contributed by atoms with Gasteiger partial charge >= 0.3 is 6.18 Å². The van der Waals surface area contributed by atoms with Gasteiger partial charge in [0.15, 0.2) is 0 Å². The van der Waals surface area contributed by atoms with Gasteiger partial charge in [-0.05, 0) is 37.1 Å². The van der Waals surface area contributed by atoms with E-state index in [9.17, 15) is 31.5 Å². The molecule has 2 heterocycles. The van der Waals surface area contributed by atoms with Crippen LogP contribution >= 0.6 is 24.8 Å². The molecule has 1 aliphatic carbocycles. The Hall–Kier alpha value is -3.71. The summed E-state index contributed by atoms with van der Waals surface area (Å²) in [6.45, 7) is -0.327. The second-order valence-corrected chi connectivity index (χ2v) is 8.19. The Labute approximate surface area is 225 Å². The number of amides is 2. The summed E-state index contributed by atoms with van der Waals surface area (Å²) in [5, 5.41) is 7.51. The number of hydrogen-bond acceptors (Lipinski definition) is 6. The molecule has 1 saturated carbocycles. The van der Waals surface area contributed by atoms with Crippen molar-refractivity contribution in [2.75, 3.05) is 11.1 Å². The molecule has 0 saturated heterocycles. The Morgan fingerprint density at radius 1 is 1.03 bits per heavy atom. The number of halogens is 7. The number of nitrogen functional groups attached to an aromatic ring is 1. The van der Waals surface area contributed by atoms with Crippen LogP contribution in [0.3, 0.4) is 0 Å². The van der Waals surface area contributed by atoms with Gasteiger partial charge in [-0.1, -0.05) is 0 Å². The van der Waals surface area contributed by atoms with Crippen molar-refractivity contribution in [3.05, 3.63) is 77.4 Å². The number of alkyl halides is 3. The van der Waals surface area contributed by atoms with Gasteiger partial charge in [-0.2, -0.15) is 13.2 Å². The first-order valence-corrected chi connectivity index (χ1v) is 10.6. The monoisotopic (exact) mass is 578 g/mol. The summed E-state index contributed by atoms with van der Waals surface area (Å²) in [5.41, 5.74) is 2.90. The molecule has 3 aromatic rings. The molecule has 5 N–H and O–H groups in total. The van der Waals surface area contributed by atoms with E-state index < -0.39 is 46.4 Å². The average molecular weight is 579 g/mol. The van der Waals surface area contributed by atoms with E-state index in [0.717, 1.165) is 24.4 Å². The van der Waals surface area contributed by atoms with Crippen molar-refractivity contribution < 1.29 is 31.5 Å². The Morgan fingerprint density at radius 3 is 2.34 bits per heavy atom. The quantitative estimate of drug-likeness (QED) is 0.306. The number of benzene rings is 1. The number of aromatic nitrogens is 2. The molecule has 0 aliphatic heterocycles. The first-order valence-electron chi connectivity index (χ1n) is 10.6. The fourth-order valence-corrected chi connectivity index (χ4v) is 3.42. The third-order valence-corrected chi connectivity index (χ3v) is 5.46. The normalized spacial score (nSPS) is 13.4. The minimum atomic E-state index is -4.83. The van der Waals surface area contributed by atoms with Crippen LogP contribution in [0.1, 0.15) is 34.5 Å². The SMILES string of the molecule is Cl.Cl.Nc1cncc(C(=O)NC2(C(=O)NCc3ncc(Nc4ccc(F)cc4C(F)(F)F)cc3F)CC2)c1. The third kappa shape index (κ3) is 6.98. The van der Waals surface area contributed by atoms with E-state index in [0.29, 0.717) is 18.9 Å². The summed E-state index contributed by atoms with van der Waals surface area (Å²) in [6, 6.07) is 4.36. The van der Waals surface area contributed by atoms with Crippen molar-refractivity contribution in [1.82, 2.24) is 20.6 Å². The lowest BCUT2D eigenvalue weighted by molar-refractivity contribution is -0.137. The summed E-state index contributed by atoms with van der Waals surface area (Å²) in [6.07, 6.45) is -0.337. The summed E-state index contributed by atoms with van der Waals surface area (Å²) in [7, 11) is 0. The van der Waals surface area contributed by atoms with Gasteiger partial charge in [0.25, 0.3) is 5.91 Å². The van der Waals surface area contributed by atoms with Gasteiger partial charge in [0.05, 0.1) is 46.6 Å². The average Bonchev–Trinajstić information content (AvgIpc) is 3.59. The summed E-state index contributed by atoms with van der Waals surface area (Å²) < 4.78 is 67.4. The standard InChI is InChI=1S/C23H19F5N6O2.2ClH/c24-13-1-2-18(16(6-13)23(26,27)28)33-15-7-17(25)19(31-10-15)11-32-21(36)22(3-4-22)34-20(35)12-5-14(29)9-30-8-12;;/h1-2,5-10,33H,3-4,11,29H2,(H,32,36)(H,34,35);2*1H. The largest absolute Gasteiger partial charge is 0.418 e. The highest BCUT2D eigenvalue weighted by molar-refractivity contribution is 6.00. The molecule has 8 nitrogen and oxygen atoms in total. The van der Waals surface area contributed by atoms with Crippen LogP contribution in [0, 0.1) is 11.6 Å². The van der Waals surface area contributed by atoms with Crippen LogP contribution < -0.4 is 21.7 Å². The Morgan fingerprint density at radius 2 is 1.74 bits per heavy atom. The zero-order valence-corrected chi connectivity index (χ0v) is 20.9. The molecule has 0 radical (unpaired) electrons. The maximum atomic E-state index is 14.6. The van der Waals surface area contributed by atoms with E-state index in [1.54, 1.807) is 0 Å². The van der Waals surface area contributed by atoms with E-state index in [2.05, 4.69) is 25.9 Å². The second kappa shape index (κ2) is 11.8. The van der Waals surface area contributed by atoms with Crippen molar-refractivity contribution >= 4 is 53.7 Å². The van der Waals surface area contributed by atoms with Crippen LogP contribution in [0.5, 0.6) is 0 Å². The molecule has 0 unspecified atom stereocenters. The number of hydrogen-bond donors (Lipinski definition) is 4. The fourth-order valence-electron chi connectivity index (χ4n) is 3.42. The zero-order chi connectivity index (χ0) is 26.1. The Kier molecular flexibility index (Phi) is 9.46. The predicted molar refractivity (Wildman–Crippen MR) is 133 cm³/mol. The molecule has 0 spiro atoms. The second-order valence-electron chi connectivity index (χ2n) is 8.19. The van der Waals surface area contributed by atoms with Gasteiger partial charge in [0.1, 0.15) is 17.2 Å². The van der Waals surface area contributed by atoms with Crippen LogP contribution in [0.2, 0.25) is 0 Å². The topological polar surface area (TPSA) is 122 Å². The molecule has 2 amide bonds. The number of nitrogens with one attached hydrogen (secondary N) is 3. The van der Waals surface area contributed by atoms with Crippen molar-refractivity contribution in [1.29, 1.82) is 0 Å². The number of carbonyl (C=O) groups excluding carboxylic acids is 2. The van der Waals surface area contributed by atoms with Crippen LogP contribution in [-0.4, -0.2) is 27.3 Å². The van der Waals surface area contributed by atoms with Crippen LogP contribution in [0.25, 0.3) is 0 Å². The van der Waals surface area contributed by atoms with E-state index in [4.69, 9.17) is 5.73 Å². The van der Waals surface area contributed by atoms with Crippen LogP contribution in [0.4, 0.5) is 39.0 Å². The van der Waals surface area contributed by atoms with Crippen LogP contribution in [-0.2, 0) is 17.5 Å².